The third kappa shape index (κ3) is 4.11. The number of hydrogen-bond donors (Lipinski definition) is 2. The summed E-state index contributed by atoms with van der Waals surface area (Å²) in [6.45, 7) is 2.02. The molecule has 1 aromatic rings. The number of methoxy groups -OCH3 is 2. The maximum Gasteiger partial charge on any atom is 0.234 e. The minimum absolute atomic E-state index is 0.00284. The molecule has 1 aromatic carbocycles. The van der Waals surface area contributed by atoms with E-state index in [-0.39, 0.29) is 17.9 Å². The van der Waals surface area contributed by atoms with Gasteiger partial charge in [-0.25, -0.2) is 5.43 Å². The Balaban J connectivity index is 2.29. The van der Waals surface area contributed by atoms with Crippen molar-refractivity contribution in [2.45, 2.75) is 24.3 Å². The molecule has 1 heterocycles. The van der Waals surface area contributed by atoms with Crippen molar-refractivity contribution < 1.29 is 18.5 Å². The molecular weight excluding hydrogens is 316 g/mol. The summed E-state index contributed by atoms with van der Waals surface area (Å²) in [4.78, 5) is 11.9. The number of carbonyl (C=O) groups is 1. The molecular formula is C16H22N2O4S. The summed E-state index contributed by atoms with van der Waals surface area (Å²) < 4.78 is 22.6. The number of nitrogens with one attached hydrogen (secondary N) is 2. The molecule has 126 valence electrons. The lowest BCUT2D eigenvalue weighted by atomic mass is 9.96. The lowest BCUT2D eigenvalue weighted by Gasteiger charge is -2.27. The van der Waals surface area contributed by atoms with Gasteiger partial charge in [0.15, 0.2) is 11.5 Å². The van der Waals surface area contributed by atoms with Crippen molar-refractivity contribution in [3.63, 3.8) is 0 Å². The normalized spacial score (nSPS) is 22.7. The molecule has 1 amide bonds. The lowest BCUT2D eigenvalue weighted by Crippen LogP contribution is -2.52. The highest BCUT2D eigenvalue weighted by atomic mass is 32.2. The predicted octanol–water partition coefficient (Wildman–Crippen LogP) is 1.48. The first-order valence-corrected chi connectivity index (χ1v) is 8.84. The van der Waals surface area contributed by atoms with Crippen LogP contribution < -0.4 is 20.3 Å². The van der Waals surface area contributed by atoms with Crippen LogP contribution in [0.5, 0.6) is 11.5 Å². The van der Waals surface area contributed by atoms with Gasteiger partial charge in [-0.15, -0.1) is 0 Å². The molecule has 0 aromatic heterocycles. The van der Waals surface area contributed by atoms with Gasteiger partial charge >= 0.3 is 0 Å². The van der Waals surface area contributed by atoms with Crippen molar-refractivity contribution in [2.24, 2.45) is 5.92 Å². The number of benzene rings is 1. The van der Waals surface area contributed by atoms with Crippen LogP contribution in [0.3, 0.4) is 0 Å². The lowest BCUT2D eigenvalue weighted by molar-refractivity contribution is -0.125. The van der Waals surface area contributed by atoms with Crippen molar-refractivity contribution in [1.82, 2.24) is 10.9 Å². The molecule has 1 aliphatic rings. The molecule has 2 rings (SSSR count). The third-order valence-corrected chi connectivity index (χ3v) is 4.69. The summed E-state index contributed by atoms with van der Waals surface area (Å²) in [5, 5.41) is 0. The maximum absolute atomic E-state index is 11.9. The van der Waals surface area contributed by atoms with E-state index in [1.807, 2.05) is 31.2 Å². The zero-order chi connectivity index (χ0) is 17.0. The highest BCUT2D eigenvalue weighted by Gasteiger charge is 2.23. The van der Waals surface area contributed by atoms with Crippen molar-refractivity contribution in [3.05, 3.63) is 23.8 Å². The average molecular weight is 338 g/mol. The summed E-state index contributed by atoms with van der Waals surface area (Å²) in [6, 6.07) is 3.69. The number of amides is 1. The number of hydrazine groups is 1. The van der Waals surface area contributed by atoms with Crippen molar-refractivity contribution >= 4 is 22.8 Å². The summed E-state index contributed by atoms with van der Waals surface area (Å²) in [5.41, 5.74) is 6.47. The van der Waals surface area contributed by atoms with E-state index in [2.05, 4.69) is 10.9 Å². The van der Waals surface area contributed by atoms with Crippen LogP contribution in [0.15, 0.2) is 23.1 Å². The van der Waals surface area contributed by atoms with Gasteiger partial charge in [-0.1, -0.05) is 19.1 Å². The van der Waals surface area contributed by atoms with Gasteiger partial charge in [0.1, 0.15) is 0 Å². The Labute approximate surface area is 138 Å². The molecule has 7 heteroatoms. The van der Waals surface area contributed by atoms with Crippen LogP contribution in [-0.2, 0) is 15.6 Å². The van der Waals surface area contributed by atoms with Gasteiger partial charge in [-0.05, 0) is 23.6 Å². The zero-order valence-corrected chi connectivity index (χ0v) is 14.5. The largest absolute Gasteiger partial charge is 0.493 e. The Bertz CT molecular complexity index is 645. The topological polar surface area (TPSA) is 76.7 Å². The minimum Gasteiger partial charge on any atom is -0.493 e. The van der Waals surface area contributed by atoms with Crippen molar-refractivity contribution in [1.29, 1.82) is 0 Å². The van der Waals surface area contributed by atoms with Crippen LogP contribution >= 0.6 is 0 Å². The Morgan fingerprint density at radius 3 is 2.61 bits per heavy atom. The van der Waals surface area contributed by atoms with Gasteiger partial charge in [-0.3, -0.25) is 14.4 Å². The molecule has 23 heavy (non-hydrogen) atoms. The Morgan fingerprint density at radius 1 is 1.30 bits per heavy atom. The fraction of sp³-hybridized carbons (Fsp3) is 0.438. The maximum atomic E-state index is 11.9. The zero-order valence-electron chi connectivity index (χ0n) is 13.7. The molecule has 0 aliphatic carbocycles. The van der Waals surface area contributed by atoms with Gasteiger partial charge in [0.25, 0.3) is 0 Å². The Hall–Kier alpha value is -1.86. The van der Waals surface area contributed by atoms with Crippen LogP contribution in [0, 0.1) is 5.92 Å². The van der Waals surface area contributed by atoms with Crippen LogP contribution in [0.4, 0.5) is 0 Å². The van der Waals surface area contributed by atoms with E-state index in [0.717, 1.165) is 5.56 Å². The average Bonchev–Trinajstić information content (AvgIpc) is 2.52. The smallest absolute Gasteiger partial charge is 0.234 e. The number of hydrogen-bond acceptors (Lipinski definition) is 5. The second-order valence-electron chi connectivity index (χ2n) is 5.47. The fourth-order valence-corrected chi connectivity index (χ4v) is 3.24. The first kappa shape index (κ1) is 17.5. The van der Waals surface area contributed by atoms with Crippen molar-refractivity contribution in [3.8, 4) is 11.5 Å². The quantitative estimate of drug-likeness (QED) is 0.850. The second kappa shape index (κ2) is 7.61. The molecule has 3 unspecified atom stereocenters. The first-order valence-electron chi connectivity index (χ1n) is 7.28. The Morgan fingerprint density at radius 2 is 2.04 bits per heavy atom. The molecule has 1 aliphatic heterocycles. The molecule has 6 nitrogen and oxygen atoms in total. The first-order chi connectivity index (χ1) is 11.0. The Kier molecular flexibility index (Phi) is 5.79. The summed E-state index contributed by atoms with van der Waals surface area (Å²) >= 11 is 0. The third-order valence-electron chi connectivity index (χ3n) is 3.77. The van der Waals surface area contributed by atoms with Crippen LogP contribution in [0.2, 0.25) is 0 Å². The van der Waals surface area contributed by atoms with Gasteiger partial charge in [0, 0.05) is 18.7 Å². The van der Waals surface area contributed by atoms with Crippen molar-refractivity contribution in [2.75, 3.05) is 20.5 Å². The fourth-order valence-electron chi connectivity index (χ4n) is 2.49. The van der Waals surface area contributed by atoms with E-state index >= 15 is 0 Å². The van der Waals surface area contributed by atoms with Gasteiger partial charge < -0.3 is 9.47 Å². The van der Waals surface area contributed by atoms with E-state index < -0.39 is 10.8 Å². The molecule has 3 atom stereocenters. The summed E-state index contributed by atoms with van der Waals surface area (Å²) in [6.07, 6.45) is 5.99. The standard InChI is InChI=1S/C16H22N2O4S/c1-10-7-15(19)18-17-12(10)6-5-11-8-13(21-2)16(22-3)14(9-11)23(4)20/h5-6,8-10,12,17H,7H2,1-4H3,(H,18,19)/b6-5+. The van der Waals surface area contributed by atoms with E-state index in [9.17, 15) is 9.00 Å². The summed E-state index contributed by atoms with van der Waals surface area (Å²) in [7, 11) is 1.88. The minimum atomic E-state index is -1.19. The number of carbonyl (C=O) groups excluding carboxylic acids is 1. The second-order valence-corrected chi connectivity index (χ2v) is 6.82. The van der Waals surface area contributed by atoms with E-state index in [0.29, 0.717) is 22.8 Å². The van der Waals surface area contributed by atoms with E-state index in [4.69, 9.17) is 9.47 Å². The predicted molar refractivity (Wildman–Crippen MR) is 89.8 cm³/mol. The van der Waals surface area contributed by atoms with Crippen LogP contribution in [-0.4, -0.2) is 36.6 Å². The van der Waals surface area contributed by atoms with Gasteiger partial charge in [-0.2, -0.15) is 0 Å². The highest BCUT2D eigenvalue weighted by molar-refractivity contribution is 7.84. The van der Waals surface area contributed by atoms with Gasteiger partial charge in [0.2, 0.25) is 5.91 Å². The monoisotopic (exact) mass is 338 g/mol. The molecule has 1 saturated heterocycles. The van der Waals surface area contributed by atoms with E-state index in [1.54, 1.807) is 13.4 Å². The molecule has 0 saturated carbocycles. The molecule has 2 N–H and O–H groups in total. The summed E-state index contributed by atoms with van der Waals surface area (Å²) in [5.74, 6) is 1.22. The van der Waals surface area contributed by atoms with Gasteiger partial charge in [0.05, 0.1) is 29.9 Å². The molecule has 0 spiro atoms. The van der Waals surface area contributed by atoms with Crippen LogP contribution in [0.1, 0.15) is 18.9 Å². The number of rotatable bonds is 5. The van der Waals surface area contributed by atoms with Crippen LogP contribution in [0.25, 0.3) is 6.08 Å². The molecule has 1 fully saturated rings. The number of ether oxygens (including phenoxy) is 2. The molecule has 0 bridgehead atoms. The highest BCUT2D eigenvalue weighted by Crippen LogP contribution is 2.35. The van der Waals surface area contributed by atoms with E-state index in [1.165, 1.54) is 7.11 Å². The SMILES string of the molecule is COc1cc(/C=C/C2NNC(=O)CC2C)cc(S(C)=O)c1OC. The molecule has 0 radical (unpaired) electrons.